The Hall–Kier alpha value is -1.63. The molecule has 1 N–H and O–H groups in total. The van der Waals surface area contributed by atoms with Crippen molar-refractivity contribution in [3.63, 3.8) is 0 Å². The minimum Gasteiger partial charge on any atom is -0.436 e. The smallest absolute Gasteiger partial charge is 0.416 e. The molecule has 11 heavy (non-hydrogen) atoms. The van der Waals surface area contributed by atoms with E-state index >= 15 is 0 Å². The number of amides is 1. The molecule has 58 valence electrons. The fourth-order valence-electron chi connectivity index (χ4n) is 0.658. The number of hydrogen-bond donors (Lipinski definition) is 1. The molecule has 4 nitrogen and oxygen atoms in total. The van der Waals surface area contributed by atoms with Gasteiger partial charge in [-0.05, 0) is 0 Å². The van der Waals surface area contributed by atoms with E-state index in [0.29, 0.717) is 6.67 Å². The maximum atomic E-state index is 10.9. The molecule has 1 amide bonds. The quantitative estimate of drug-likeness (QED) is 0.541. The third-order valence-corrected chi connectivity index (χ3v) is 1.15. The van der Waals surface area contributed by atoms with Gasteiger partial charge in [-0.25, -0.2) is 4.79 Å². The molecule has 0 aromatic carbocycles. The summed E-state index contributed by atoms with van der Waals surface area (Å²) in [4.78, 5) is 12.3. The van der Waals surface area contributed by atoms with E-state index in [-0.39, 0.29) is 6.61 Å². The molecule has 1 aliphatic heterocycles. The zero-order chi connectivity index (χ0) is 8.10. The number of ether oxygens (including phenoxy) is 1. The summed E-state index contributed by atoms with van der Waals surface area (Å²) in [5.41, 5.74) is 0. The van der Waals surface area contributed by atoms with Crippen LogP contribution < -0.4 is 5.32 Å². The maximum absolute atomic E-state index is 10.9. The van der Waals surface area contributed by atoms with E-state index in [1.165, 1.54) is 4.90 Å². The largest absolute Gasteiger partial charge is 0.436 e. The lowest BCUT2D eigenvalue weighted by atomic mass is 10.7. The number of carbonyl (C=O) groups is 1. The van der Waals surface area contributed by atoms with Gasteiger partial charge in [0.2, 0.25) is 0 Å². The van der Waals surface area contributed by atoms with E-state index in [4.69, 9.17) is 6.42 Å². The standard InChI is InChI=1S/C7H8N2O2/c1-2-5-11-7(10)9-4-3-8-6-9/h1,3-4,8H,5-6H2. The van der Waals surface area contributed by atoms with Gasteiger partial charge < -0.3 is 10.1 Å². The van der Waals surface area contributed by atoms with Crippen molar-refractivity contribution in [3.05, 3.63) is 12.4 Å². The Bertz CT molecular complexity index is 217. The summed E-state index contributed by atoms with van der Waals surface area (Å²) in [7, 11) is 0. The highest BCUT2D eigenvalue weighted by molar-refractivity contribution is 5.69. The number of nitrogens with zero attached hydrogens (tertiary/aromatic N) is 1. The normalized spacial score (nSPS) is 13.9. The number of terminal acetylenes is 1. The predicted octanol–water partition coefficient (Wildman–Crippen LogP) is 0.0901. The first-order valence-electron chi connectivity index (χ1n) is 3.11. The van der Waals surface area contributed by atoms with E-state index in [2.05, 4.69) is 16.0 Å². The van der Waals surface area contributed by atoms with Crippen molar-refractivity contribution in [1.29, 1.82) is 0 Å². The molecule has 1 rings (SSSR count). The molecular formula is C7H8N2O2. The molecule has 0 aliphatic carbocycles. The van der Waals surface area contributed by atoms with Crippen LogP contribution in [0.2, 0.25) is 0 Å². The molecule has 0 atom stereocenters. The van der Waals surface area contributed by atoms with Crippen LogP contribution in [0.3, 0.4) is 0 Å². The van der Waals surface area contributed by atoms with Crippen LogP contribution in [0.4, 0.5) is 4.79 Å². The summed E-state index contributed by atoms with van der Waals surface area (Å²) in [5.74, 6) is 2.21. The van der Waals surface area contributed by atoms with Gasteiger partial charge in [-0.1, -0.05) is 5.92 Å². The summed E-state index contributed by atoms with van der Waals surface area (Å²) in [6.07, 6.45) is 7.73. The van der Waals surface area contributed by atoms with Crippen LogP contribution in [0.25, 0.3) is 0 Å². The first-order chi connectivity index (χ1) is 5.34. The first kappa shape index (κ1) is 7.48. The monoisotopic (exact) mass is 152 g/mol. The second-order valence-corrected chi connectivity index (χ2v) is 1.91. The molecule has 1 aliphatic rings. The molecule has 0 radical (unpaired) electrons. The maximum Gasteiger partial charge on any atom is 0.416 e. The zero-order valence-corrected chi connectivity index (χ0v) is 5.91. The molecule has 0 aromatic heterocycles. The van der Waals surface area contributed by atoms with Gasteiger partial charge in [0, 0.05) is 12.4 Å². The van der Waals surface area contributed by atoms with Gasteiger partial charge in [0.1, 0.15) is 0 Å². The van der Waals surface area contributed by atoms with Crippen LogP contribution in [0.15, 0.2) is 12.4 Å². The molecule has 0 unspecified atom stereocenters. The van der Waals surface area contributed by atoms with Crippen LogP contribution in [0.1, 0.15) is 0 Å². The molecular weight excluding hydrogens is 144 g/mol. The summed E-state index contributed by atoms with van der Waals surface area (Å²) in [6, 6.07) is 0. The lowest BCUT2D eigenvalue weighted by Gasteiger charge is -2.10. The molecule has 0 saturated carbocycles. The molecule has 1 heterocycles. The van der Waals surface area contributed by atoms with E-state index in [1.54, 1.807) is 12.4 Å². The molecule has 0 spiro atoms. The minimum atomic E-state index is -0.427. The van der Waals surface area contributed by atoms with Crippen molar-refractivity contribution in [2.24, 2.45) is 0 Å². The van der Waals surface area contributed by atoms with Crippen molar-refractivity contribution in [1.82, 2.24) is 10.2 Å². The Labute approximate surface area is 64.8 Å². The van der Waals surface area contributed by atoms with Crippen LogP contribution >= 0.6 is 0 Å². The van der Waals surface area contributed by atoms with Gasteiger partial charge in [0.05, 0.1) is 6.67 Å². The highest BCUT2D eigenvalue weighted by Crippen LogP contribution is 1.97. The summed E-state index contributed by atoms with van der Waals surface area (Å²) < 4.78 is 4.63. The molecule has 0 bridgehead atoms. The average molecular weight is 152 g/mol. The van der Waals surface area contributed by atoms with E-state index in [1.807, 2.05) is 0 Å². The third kappa shape index (κ3) is 1.90. The van der Waals surface area contributed by atoms with Gasteiger partial charge in [0.15, 0.2) is 6.61 Å². The van der Waals surface area contributed by atoms with Crippen molar-refractivity contribution >= 4 is 6.09 Å². The number of nitrogens with one attached hydrogen (secondary N) is 1. The highest BCUT2D eigenvalue weighted by atomic mass is 16.6. The van der Waals surface area contributed by atoms with Gasteiger partial charge in [0.25, 0.3) is 0 Å². The van der Waals surface area contributed by atoms with Crippen molar-refractivity contribution < 1.29 is 9.53 Å². The van der Waals surface area contributed by atoms with Gasteiger partial charge in [-0.15, -0.1) is 6.42 Å². The Morgan fingerprint density at radius 1 is 1.91 bits per heavy atom. The van der Waals surface area contributed by atoms with E-state index < -0.39 is 6.09 Å². The van der Waals surface area contributed by atoms with Crippen molar-refractivity contribution in [2.45, 2.75) is 0 Å². The van der Waals surface area contributed by atoms with E-state index in [0.717, 1.165) is 0 Å². The van der Waals surface area contributed by atoms with E-state index in [9.17, 15) is 4.79 Å². The van der Waals surface area contributed by atoms with Gasteiger partial charge >= 0.3 is 6.09 Å². The van der Waals surface area contributed by atoms with Crippen LogP contribution in [-0.4, -0.2) is 24.3 Å². The fraction of sp³-hybridized carbons (Fsp3) is 0.286. The average Bonchev–Trinajstić information content (AvgIpc) is 2.52. The Morgan fingerprint density at radius 2 is 2.73 bits per heavy atom. The van der Waals surface area contributed by atoms with Crippen LogP contribution in [-0.2, 0) is 4.74 Å². The van der Waals surface area contributed by atoms with Crippen molar-refractivity contribution in [3.8, 4) is 12.3 Å². The summed E-state index contributed by atoms with van der Waals surface area (Å²) in [6.45, 7) is 0.465. The highest BCUT2D eigenvalue weighted by Gasteiger charge is 2.13. The fourth-order valence-corrected chi connectivity index (χ4v) is 0.658. The van der Waals surface area contributed by atoms with Gasteiger partial charge in [-0.3, -0.25) is 4.90 Å². The zero-order valence-electron chi connectivity index (χ0n) is 5.91. The molecule has 4 heteroatoms. The Balaban J connectivity index is 2.30. The van der Waals surface area contributed by atoms with Crippen LogP contribution in [0, 0.1) is 12.3 Å². The Kier molecular flexibility index (Phi) is 2.39. The first-order valence-corrected chi connectivity index (χ1v) is 3.11. The summed E-state index contributed by atoms with van der Waals surface area (Å²) in [5, 5.41) is 2.82. The topological polar surface area (TPSA) is 41.6 Å². The third-order valence-electron chi connectivity index (χ3n) is 1.15. The Morgan fingerprint density at radius 3 is 3.27 bits per heavy atom. The van der Waals surface area contributed by atoms with Crippen molar-refractivity contribution in [2.75, 3.05) is 13.3 Å². The summed E-state index contributed by atoms with van der Waals surface area (Å²) >= 11 is 0. The lowest BCUT2D eigenvalue weighted by Crippen LogP contribution is -2.28. The van der Waals surface area contributed by atoms with Gasteiger partial charge in [-0.2, -0.15) is 0 Å². The number of hydrogen-bond acceptors (Lipinski definition) is 3. The SMILES string of the molecule is C#CCOC(=O)N1C=CNC1. The lowest BCUT2D eigenvalue weighted by molar-refractivity contribution is 0.131. The molecule has 0 fully saturated rings. The molecule has 0 saturated heterocycles. The molecule has 0 aromatic rings. The minimum absolute atomic E-state index is 0.0170. The second kappa shape index (κ2) is 3.52. The predicted molar refractivity (Wildman–Crippen MR) is 39.2 cm³/mol. The number of rotatable bonds is 1. The number of carbonyl (C=O) groups excluding carboxylic acids is 1. The van der Waals surface area contributed by atoms with Crippen LogP contribution in [0.5, 0.6) is 0 Å². The second-order valence-electron chi connectivity index (χ2n) is 1.91.